The van der Waals surface area contributed by atoms with E-state index in [1.165, 1.54) is 24.1 Å². The van der Waals surface area contributed by atoms with Crippen molar-refractivity contribution in [3.05, 3.63) is 59.7 Å². The van der Waals surface area contributed by atoms with Crippen LogP contribution in [0.25, 0.3) is 0 Å². The van der Waals surface area contributed by atoms with Crippen LogP contribution in [0.3, 0.4) is 0 Å². The molecule has 134 valence electrons. The molecular weight excluding hydrogens is 347 g/mol. The number of anilines is 1. The van der Waals surface area contributed by atoms with Crippen LogP contribution in [0.4, 0.5) is 32.4 Å². The molecule has 4 nitrogen and oxygen atoms in total. The third-order valence-electron chi connectivity index (χ3n) is 3.10. The van der Waals surface area contributed by atoms with E-state index < -0.39 is 24.0 Å². The molecule has 2 aromatic rings. The predicted octanol–water partition coefficient (Wildman–Crippen LogP) is 4.53. The molecule has 0 aromatic heterocycles. The summed E-state index contributed by atoms with van der Waals surface area (Å²) in [4.78, 5) is 13.2. The number of carbonyl (C=O) groups excluding carboxylic acids is 1. The van der Waals surface area contributed by atoms with Gasteiger partial charge in [0, 0.05) is 19.7 Å². The molecule has 0 spiro atoms. The van der Waals surface area contributed by atoms with Crippen LogP contribution in [0.2, 0.25) is 0 Å². The summed E-state index contributed by atoms with van der Waals surface area (Å²) in [7, 11) is 1.41. The van der Waals surface area contributed by atoms with Gasteiger partial charge in [0.1, 0.15) is 17.4 Å². The number of amides is 2. The van der Waals surface area contributed by atoms with E-state index in [-0.39, 0.29) is 18.0 Å². The highest BCUT2D eigenvalue weighted by atomic mass is 19.4. The van der Waals surface area contributed by atoms with Crippen LogP contribution in [0.1, 0.15) is 5.56 Å². The Balaban J connectivity index is 1.96. The maximum Gasteiger partial charge on any atom is 0.573 e. The molecule has 1 N–H and O–H groups in total. The van der Waals surface area contributed by atoms with Crippen molar-refractivity contribution in [3.63, 3.8) is 0 Å². The highest BCUT2D eigenvalue weighted by Gasteiger charge is 2.30. The lowest BCUT2D eigenvalue weighted by atomic mass is 10.2. The smallest absolute Gasteiger partial charge is 0.406 e. The SMILES string of the molecule is CN(Cc1ccc(OC(F)(F)F)cc1)C(=O)Nc1ccc(F)cc1F. The Morgan fingerprint density at radius 3 is 2.32 bits per heavy atom. The van der Waals surface area contributed by atoms with Crippen molar-refractivity contribution in [1.82, 2.24) is 4.90 Å². The Morgan fingerprint density at radius 2 is 1.76 bits per heavy atom. The summed E-state index contributed by atoms with van der Waals surface area (Å²) < 4.78 is 66.3. The van der Waals surface area contributed by atoms with Gasteiger partial charge in [-0.05, 0) is 29.8 Å². The predicted molar refractivity (Wildman–Crippen MR) is 80.0 cm³/mol. The van der Waals surface area contributed by atoms with E-state index in [1.54, 1.807) is 0 Å². The molecule has 0 aliphatic heterocycles. The van der Waals surface area contributed by atoms with Gasteiger partial charge in [-0.25, -0.2) is 13.6 Å². The van der Waals surface area contributed by atoms with Crippen molar-refractivity contribution in [3.8, 4) is 5.75 Å². The van der Waals surface area contributed by atoms with Crippen LogP contribution < -0.4 is 10.1 Å². The van der Waals surface area contributed by atoms with Gasteiger partial charge in [0.25, 0.3) is 0 Å². The van der Waals surface area contributed by atoms with Crippen molar-refractivity contribution in [2.24, 2.45) is 0 Å². The Kier molecular flexibility index (Phi) is 5.45. The van der Waals surface area contributed by atoms with E-state index in [0.29, 0.717) is 11.6 Å². The molecular formula is C16H13F5N2O2. The summed E-state index contributed by atoms with van der Waals surface area (Å²) in [6.45, 7) is 0.0565. The number of nitrogens with one attached hydrogen (secondary N) is 1. The maximum atomic E-state index is 13.5. The number of halogens is 5. The van der Waals surface area contributed by atoms with E-state index in [2.05, 4.69) is 10.1 Å². The number of urea groups is 1. The monoisotopic (exact) mass is 360 g/mol. The Labute approximate surface area is 139 Å². The summed E-state index contributed by atoms with van der Waals surface area (Å²) >= 11 is 0. The molecule has 0 saturated carbocycles. The number of rotatable bonds is 4. The fourth-order valence-electron chi connectivity index (χ4n) is 1.94. The second-order valence-corrected chi connectivity index (χ2v) is 5.10. The minimum absolute atomic E-state index is 0.0565. The lowest BCUT2D eigenvalue weighted by molar-refractivity contribution is -0.274. The first kappa shape index (κ1) is 18.5. The second-order valence-electron chi connectivity index (χ2n) is 5.10. The highest BCUT2D eigenvalue weighted by Crippen LogP contribution is 2.23. The molecule has 9 heteroatoms. The van der Waals surface area contributed by atoms with Crippen molar-refractivity contribution in [1.29, 1.82) is 0 Å². The third kappa shape index (κ3) is 5.63. The zero-order valence-electron chi connectivity index (χ0n) is 12.9. The van der Waals surface area contributed by atoms with Crippen LogP contribution in [0, 0.1) is 11.6 Å². The van der Waals surface area contributed by atoms with Crippen molar-refractivity contribution in [2.75, 3.05) is 12.4 Å². The second kappa shape index (κ2) is 7.37. The molecule has 0 saturated heterocycles. The Hall–Kier alpha value is -2.84. The minimum atomic E-state index is -4.78. The molecule has 0 bridgehead atoms. The fourth-order valence-corrected chi connectivity index (χ4v) is 1.94. The van der Waals surface area contributed by atoms with Crippen molar-refractivity contribution in [2.45, 2.75) is 12.9 Å². The average molecular weight is 360 g/mol. The normalized spacial score (nSPS) is 11.1. The van der Waals surface area contributed by atoms with Crippen molar-refractivity contribution >= 4 is 11.7 Å². The maximum absolute atomic E-state index is 13.5. The molecule has 25 heavy (non-hydrogen) atoms. The molecule has 0 unspecified atom stereocenters. The number of alkyl halides is 3. The Bertz CT molecular complexity index is 747. The van der Waals surface area contributed by atoms with Gasteiger partial charge in [0.05, 0.1) is 5.69 Å². The van der Waals surface area contributed by atoms with Gasteiger partial charge in [-0.3, -0.25) is 0 Å². The fraction of sp³-hybridized carbons (Fsp3) is 0.188. The van der Waals surface area contributed by atoms with Gasteiger partial charge >= 0.3 is 12.4 Å². The van der Waals surface area contributed by atoms with E-state index in [4.69, 9.17) is 0 Å². The van der Waals surface area contributed by atoms with E-state index in [1.807, 2.05) is 0 Å². The van der Waals surface area contributed by atoms with E-state index in [0.717, 1.165) is 24.3 Å². The van der Waals surface area contributed by atoms with Crippen LogP contribution in [-0.2, 0) is 6.54 Å². The van der Waals surface area contributed by atoms with Crippen LogP contribution in [0.15, 0.2) is 42.5 Å². The summed E-state index contributed by atoms with van der Waals surface area (Å²) in [6, 6.07) is 7.02. The van der Waals surface area contributed by atoms with Gasteiger partial charge in [-0.15, -0.1) is 13.2 Å². The summed E-state index contributed by atoms with van der Waals surface area (Å²) in [5, 5.41) is 2.27. The highest BCUT2D eigenvalue weighted by molar-refractivity contribution is 5.89. The van der Waals surface area contributed by atoms with Crippen LogP contribution in [0.5, 0.6) is 5.75 Å². The third-order valence-corrected chi connectivity index (χ3v) is 3.10. The molecule has 0 fully saturated rings. The number of hydrogen-bond acceptors (Lipinski definition) is 2. The first-order valence-corrected chi connectivity index (χ1v) is 6.96. The summed E-state index contributed by atoms with van der Waals surface area (Å²) in [5.41, 5.74) is 0.346. The Morgan fingerprint density at radius 1 is 1.12 bits per heavy atom. The van der Waals surface area contributed by atoms with Crippen LogP contribution in [-0.4, -0.2) is 24.3 Å². The first-order valence-electron chi connectivity index (χ1n) is 6.96. The van der Waals surface area contributed by atoms with Crippen LogP contribution >= 0.6 is 0 Å². The van der Waals surface area contributed by atoms with Gasteiger partial charge < -0.3 is 15.0 Å². The lowest BCUT2D eigenvalue weighted by Crippen LogP contribution is -2.31. The quantitative estimate of drug-likeness (QED) is 0.814. The summed E-state index contributed by atoms with van der Waals surface area (Å²) in [5.74, 6) is -2.07. The van der Waals surface area contributed by atoms with Gasteiger partial charge in [0.2, 0.25) is 0 Å². The lowest BCUT2D eigenvalue weighted by Gasteiger charge is -2.18. The van der Waals surface area contributed by atoms with Gasteiger partial charge in [-0.2, -0.15) is 0 Å². The molecule has 0 aliphatic rings. The number of ether oxygens (including phenoxy) is 1. The number of hydrogen-bond donors (Lipinski definition) is 1. The molecule has 0 aliphatic carbocycles. The van der Waals surface area contributed by atoms with Gasteiger partial charge in [-0.1, -0.05) is 12.1 Å². The zero-order valence-corrected chi connectivity index (χ0v) is 12.9. The molecule has 0 atom stereocenters. The average Bonchev–Trinajstić information content (AvgIpc) is 2.50. The van der Waals surface area contributed by atoms with Crippen molar-refractivity contribution < 1.29 is 31.5 Å². The van der Waals surface area contributed by atoms with E-state index >= 15 is 0 Å². The minimum Gasteiger partial charge on any atom is -0.406 e. The molecule has 2 amide bonds. The topological polar surface area (TPSA) is 41.6 Å². The number of carbonyl (C=O) groups is 1. The van der Waals surface area contributed by atoms with E-state index in [9.17, 15) is 26.7 Å². The number of benzene rings is 2. The zero-order chi connectivity index (χ0) is 18.6. The number of nitrogens with zero attached hydrogens (tertiary/aromatic N) is 1. The molecule has 0 heterocycles. The standard InChI is InChI=1S/C16H13F5N2O2/c1-23(15(24)22-14-7-4-11(17)8-13(14)18)9-10-2-5-12(6-3-10)25-16(19,20)21/h2-8H,9H2,1H3,(H,22,24). The molecule has 2 aromatic carbocycles. The largest absolute Gasteiger partial charge is 0.573 e. The molecule has 2 rings (SSSR count). The molecule has 0 radical (unpaired) electrons. The first-order chi connectivity index (χ1) is 11.6. The summed E-state index contributed by atoms with van der Waals surface area (Å²) in [6.07, 6.45) is -4.78. The van der Waals surface area contributed by atoms with Gasteiger partial charge in [0.15, 0.2) is 0 Å².